The van der Waals surface area contributed by atoms with E-state index < -0.39 is 0 Å². The van der Waals surface area contributed by atoms with Crippen LogP contribution in [0.1, 0.15) is 0 Å². The Morgan fingerprint density at radius 2 is 2.00 bits per heavy atom. The second kappa shape index (κ2) is 3.98. The highest BCUT2D eigenvalue weighted by Crippen LogP contribution is 2.17. The Hall–Kier alpha value is -1.06. The van der Waals surface area contributed by atoms with E-state index in [0.29, 0.717) is 6.54 Å². The molecule has 0 amide bonds. The lowest BCUT2D eigenvalue weighted by molar-refractivity contribution is 0.177. The van der Waals surface area contributed by atoms with Crippen LogP contribution < -0.4 is 10.2 Å². The van der Waals surface area contributed by atoms with Gasteiger partial charge in [-0.3, -0.25) is 0 Å². The predicted molar refractivity (Wildman–Crippen MR) is 57.5 cm³/mol. The number of hydrogen-bond acceptors (Lipinski definition) is 3. The highest BCUT2D eigenvalue weighted by atomic mass is 16.3. The Morgan fingerprint density at radius 3 is 2.57 bits per heavy atom. The molecular weight excluding hydrogens is 176 g/mol. The van der Waals surface area contributed by atoms with Crippen LogP contribution >= 0.6 is 0 Å². The summed E-state index contributed by atoms with van der Waals surface area (Å²) in [5, 5.41) is 12.9. The smallest absolute Gasteiger partial charge is 0.0879 e. The maximum atomic E-state index is 9.72. The number of aliphatic hydroxyl groups is 1. The summed E-state index contributed by atoms with van der Waals surface area (Å²) in [4.78, 5) is 2.13. The van der Waals surface area contributed by atoms with E-state index in [0.717, 1.165) is 12.2 Å². The number of anilines is 1. The molecular formula is C11H16N2O. The summed E-state index contributed by atoms with van der Waals surface area (Å²) in [6.07, 6.45) is -0.264. The van der Waals surface area contributed by atoms with Crippen LogP contribution in [0.3, 0.4) is 0 Å². The van der Waals surface area contributed by atoms with Crippen LogP contribution in [0.4, 0.5) is 5.69 Å². The Bertz CT molecular complexity index is 289. The first-order valence-corrected chi connectivity index (χ1v) is 4.95. The summed E-state index contributed by atoms with van der Waals surface area (Å²) in [5.74, 6) is 0. The molecule has 0 bridgehead atoms. The average molecular weight is 192 g/mol. The zero-order chi connectivity index (χ0) is 9.97. The number of nitrogens with one attached hydrogen (secondary N) is 1. The SMILES string of the molecule is CN(c1ccccc1)[C@@H]1CNC[C@H]1O. The molecule has 0 aromatic heterocycles. The largest absolute Gasteiger partial charge is 0.390 e. The molecule has 76 valence electrons. The third kappa shape index (κ3) is 1.74. The Morgan fingerprint density at radius 1 is 1.29 bits per heavy atom. The van der Waals surface area contributed by atoms with Crippen molar-refractivity contribution in [1.29, 1.82) is 0 Å². The predicted octanol–water partition coefficient (Wildman–Crippen LogP) is 0.455. The number of aliphatic hydroxyl groups excluding tert-OH is 1. The van der Waals surface area contributed by atoms with Crippen LogP contribution in [-0.4, -0.2) is 37.4 Å². The van der Waals surface area contributed by atoms with Gasteiger partial charge in [-0.25, -0.2) is 0 Å². The molecule has 3 nitrogen and oxygen atoms in total. The molecule has 0 radical (unpaired) electrons. The summed E-state index contributed by atoms with van der Waals surface area (Å²) in [7, 11) is 2.02. The fraction of sp³-hybridized carbons (Fsp3) is 0.455. The fourth-order valence-electron chi connectivity index (χ4n) is 1.90. The van der Waals surface area contributed by atoms with E-state index in [9.17, 15) is 5.11 Å². The summed E-state index contributed by atoms with van der Waals surface area (Å²) < 4.78 is 0. The van der Waals surface area contributed by atoms with Crippen LogP contribution in [0.5, 0.6) is 0 Å². The van der Waals surface area contributed by atoms with Gasteiger partial charge in [0, 0.05) is 25.8 Å². The number of benzene rings is 1. The lowest BCUT2D eigenvalue weighted by Crippen LogP contribution is -2.40. The second-order valence-electron chi connectivity index (χ2n) is 3.74. The van der Waals surface area contributed by atoms with Gasteiger partial charge in [-0.05, 0) is 12.1 Å². The first-order valence-electron chi connectivity index (χ1n) is 4.95. The Balaban J connectivity index is 2.12. The minimum Gasteiger partial charge on any atom is -0.390 e. The number of likely N-dealkylation sites (N-methyl/N-ethyl adjacent to an activating group) is 1. The van der Waals surface area contributed by atoms with Crippen molar-refractivity contribution in [2.45, 2.75) is 12.1 Å². The number of β-amino-alcohol motifs (C(OH)–C–C–N with tert-alkyl or cyclic N) is 1. The van der Waals surface area contributed by atoms with Crippen molar-refractivity contribution >= 4 is 5.69 Å². The molecule has 1 aliphatic rings. The molecule has 0 aliphatic carbocycles. The van der Waals surface area contributed by atoms with Gasteiger partial charge >= 0.3 is 0 Å². The van der Waals surface area contributed by atoms with Crippen LogP contribution in [0.15, 0.2) is 30.3 Å². The van der Waals surface area contributed by atoms with Crippen molar-refractivity contribution in [3.05, 3.63) is 30.3 Å². The standard InChI is InChI=1S/C11H16N2O/c1-13(9-5-3-2-4-6-9)10-7-12-8-11(10)14/h2-6,10-12,14H,7-8H2,1H3/t10-,11-/m1/s1. The molecule has 0 spiro atoms. The third-order valence-electron chi connectivity index (χ3n) is 2.81. The highest BCUT2D eigenvalue weighted by Gasteiger charge is 2.28. The van der Waals surface area contributed by atoms with E-state index in [1.165, 1.54) is 0 Å². The van der Waals surface area contributed by atoms with Gasteiger partial charge in [-0.1, -0.05) is 18.2 Å². The Kier molecular flexibility index (Phi) is 2.70. The van der Waals surface area contributed by atoms with Gasteiger partial charge in [0.25, 0.3) is 0 Å². The lowest BCUT2D eigenvalue weighted by Gasteiger charge is -2.28. The minimum atomic E-state index is -0.264. The second-order valence-corrected chi connectivity index (χ2v) is 3.74. The van der Waals surface area contributed by atoms with Crippen molar-refractivity contribution in [1.82, 2.24) is 5.32 Å². The third-order valence-corrected chi connectivity index (χ3v) is 2.81. The van der Waals surface area contributed by atoms with E-state index in [-0.39, 0.29) is 12.1 Å². The van der Waals surface area contributed by atoms with Gasteiger partial charge < -0.3 is 15.3 Å². The Labute approximate surface area is 84.4 Å². The minimum absolute atomic E-state index is 0.192. The van der Waals surface area contributed by atoms with Gasteiger partial charge in [-0.2, -0.15) is 0 Å². The summed E-state index contributed by atoms with van der Waals surface area (Å²) >= 11 is 0. The maximum Gasteiger partial charge on any atom is 0.0879 e. The van der Waals surface area contributed by atoms with Crippen molar-refractivity contribution in [2.75, 3.05) is 25.0 Å². The number of nitrogens with zero attached hydrogens (tertiary/aromatic N) is 1. The van der Waals surface area contributed by atoms with E-state index in [2.05, 4.69) is 22.3 Å². The molecule has 1 aromatic rings. The number of rotatable bonds is 2. The van der Waals surface area contributed by atoms with Gasteiger partial charge in [0.1, 0.15) is 0 Å². The van der Waals surface area contributed by atoms with Crippen molar-refractivity contribution in [3.8, 4) is 0 Å². The normalized spacial score (nSPS) is 26.4. The summed E-state index contributed by atoms with van der Waals surface area (Å²) in [6.45, 7) is 1.55. The average Bonchev–Trinajstić information content (AvgIpc) is 2.65. The molecule has 2 N–H and O–H groups in total. The highest BCUT2D eigenvalue weighted by molar-refractivity contribution is 5.46. The number of hydrogen-bond donors (Lipinski definition) is 2. The zero-order valence-corrected chi connectivity index (χ0v) is 8.35. The molecule has 1 saturated heterocycles. The fourth-order valence-corrected chi connectivity index (χ4v) is 1.90. The summed E-state index contributed by atoms with van der Waals surface area (Å²) in [5.41, 5.74) is 1.15. The monoisotopic (exact) mass is 192 g/mol. The topological polar surface area (TPSA) is 35.5 Å². The molecule has 0 saturated carbocycles. The molecule has 1 aromatic carbocycles. The van der Waals surface area contributed by atoms with Crippen molar-refractivity contribution < 1.29 is 5.11 Å². The van der Waals surface area contributed by atoms with Crippen molar-refractivity contribution in [2.24, 2.45) is 0 Å². The molecule has 2 atom stereocenters. The molecule has 14 heavy (non-hydrogen) atoms. The lowest BCUT2D eigenvalue weighted by atomic mass is 10.1. The van der Waals surface area contributed by atoms with Gasteiger partial charge in [-0.15, -0.1) is 0 Å². The van der Waals surface area contributed by atoms with Crippen molar-refractivity contribution in [3.63, 3.8) is 0 Å². The van der Waals surface area contributed by atoms with Crippen LogP contribution in [-0.2, 0) is 0 Å². The van der Waals surface area contributed by atoms with E-state index in [1.807, 2.05) is 25.2 Å². The quantitative estimate of drug-likeness (QED) is 0.714. The molecule has 3 heteroatoms. The molecule has 1 aliphatic heterocycles. The van der Waals surface area contributed by atoms with Gasteiger partial charge in [0.05, 0.1) is 12.1 Å². The molecule has 0 unspecified atom stereocenters. The molecule has 2 rings (SSSR count). The van der Waals surface area contributed by atoms with Gasteiger partial charge in [0.15, 0.2) is 0 Å². The van der Waals surface area contributed by atoms with Gasteiger partial charge in [0.2, 0.25) is 0 Å². The van der Waals surface area contributed by atoms with Crippen LogP contribution in [0.25, 0.3) is 0 Å². The zero-order valence-electron chi connectivity index (χ0n) is 8.35. The van der Waals surface area contributed by atoms with Crippen LogP contribution in [0.2, 0.25) is 0 Å². The number of para-hydroxylation sites is 1. The van der Waals surface area contributed by atoms with Crippen LogP contribution in [0, 0.1) is 0 Å². The van der Waals surface area contributed by atoms with E-state index >= 15 is 0 Å². The first-order chi connectivity index (χ1) is 6.79. The van der Waals surface area contributed by atoms with E-state index in [1.54, 1.807) is 0 Å². The molecule has 1 fully saturated rings. The first kappa shape index (κ1) is 9.49. The molecule has 1 heterocycles. The van der Waals surface area contributed by atoms with E-state index in [4.69, 9.17) is 0 Å². The maximum absolute atomic E-state index is 9.72. The summed E-state index contributed by atoms with van der Waals surface area (Å²) in [6, 6.07) is 10.3.